The summed E-state index contributed by atoms with van der Waals surface area (Å²) in [5.41, 5.74) is 14.1. The molecule has 1 nitrogen and oxygen atoms in total. The van der Waals surface area contributed by atoms with Crippen LogP contribution in [0.1, 0.15) is 0 Å². The molecule has 0 aliphatic carbocycles. The van der Waals surface area contributed by atoms with Crippen molar-refractivity contribution in [3.8, 4) is 55.6 Å². The fourth-order valence-corrected chi connectivity index (χ4v) is 12.0. The van der Waals surface area contributed by atoms with Crippen LogP contribution in [-0.4, -0.2) is 0 Å². The number of furan rings is 1. The van der Waals surface area contributed by atoms with E-state index in [9.17, 15) is 0 Å². The Labute approximate surface area is 410 Å². The monoisotopic (exact) mass is 898 g/mol. The van der Waals surface area contributed by atoms with Crippen LogP contribution in [-0.2, 0) is 0 Å². The molecule has 14 aromatic carbocycles. The molecule has 1 heteroatoms. The van der Waals surface area contributed by atoms with Gasteiger partial charge in [-0.1, -0.05) is 218 Å². The van der Waals surface area contributed by atoms with Crippen LogP contribution in [0.15, 0.2) is 259 Å². The topological polar surface area (TPSA) is 13.1 Å². The highest BCUT2D eigenvalue weighted by molar-refractivity contribution is 6.26. The van der Waals surface area contributed by atoms with Gasteiger partial charge in [-0.15, -0.1) is 0 Å². The Balaban J connectivity index is 0.916. The number of para-hydroxylation sites is 1. The molecule has 71 heavy (non-hydrogen) atoms. The van der Waals surface area contributed by atoms with Crippen LogP contribution >= 0.6 is 0 Å². The summed E-state index contributed by atoms with van der Waals surface area (Å²) in [7, 11) is 0. The molecule has 0 fully saturated rings. The first kappa shape index (κ1) is 39.7. The summed E-state index contributed by atoms with van der Waals surface area (Å²) in [6.45, 7) is 0. The molecule has 328 valence electrons. The molecule has 0 spiro atoms. The molecule has 0 saturated heterocycles. The maximum Gasteiger partial charge on any atom is 0.135 e. The van der Waals surface area contributed by atoms with E-state index in [1.54, 1.807) is 0 Å². The first-order chi connectivity index (χ1) is 35.2. The van der Waals surface area contributed by atoms with Gasteiger partial charge in [0.05, 0.1) is 0 Å². The molecule has 0 saturated carbocycles. The molecule has 0 aliphatic rings. The third-order valence-corrected chi connectivity index (χ3v) is 15.2. The van der Waals surface area contributed by atoms with Gasteiger partial charge in [0, 0.05) is 10.8 Å². The molecule has 1 aromatic heterocycles. The minimum atomic E-state index is 0.905. The second-order valence-electron chi connectivity index (χ2n) is 19.0. The number of fused-ring (bicyclic) bond motifs is 10. The molecule has 1 heterocycles. The first-order valence-corrected chi connectivity index (χ1v) is 24.6. The molecule has 0 unspecified atom stereocenters. The second kappa shape index (κ2) is 15.6. The van der Waals surface area contributed by atoms with Gasteiger partial charge in [0.25, 0.3) is 0 Å². The summed E-state index contributed by atoms with van der Waals surface area (Å²) in [6, 6.07) is 94.1. The lowest BCUT2D eigenvalue weighted by Gasteiger charge is -2.20. The van der Waals surface area contributed by atoms with Gasteiger partial charge < -0.3 is 4.42 Å². The van der Waals surface area contributed by atoms with Crippen LogP contribution in [0.3, 0.4) is 0 Å². The lowest BCUT2D eigenvalue weighted by Crippen LogP contribution is -1.92. The minimum absolute atomic E-state index is 0.905. The average molecular weight is 899 g/mol. The summed E-state index contributed by atoms with van der Waals surface area (Å²) in [4.78, 5) is 0. The Morgan fingerprint density at radius 2 is 0.535 bits per heavy atom. The molecule has 0 amide bonds. The Hall–Kier alpha value is -9.30. The predicted octanol–water partition coefficient (Wildman–Crippen LogP) is 20.0. The summed E-state index contributed by atoms with van der Waals surface area (Å²) in [6.07, 6.45) is 0. The van der Waals surface area contributed by atoms with E-state index < -0.39 is 0 Å². The molecule has 0 radical (unpaired) electrons. The highest BCUT2D eigenvalue weighted by Gasteiger charge is 2.21. The van der Waals surface area contributed by atoms with Crippen LogP contribution in [0.4, 0.5) is 0 Å². The van der Waals surface area contributed by atoms with E-state index in [1.807, 2.05) is 6.07 Å². The van der Waals surface area contributed by atoms with Crippen LogP contribution in [0.25, 0.3) is 153 Å². The summed E-state index contributed by atoms with van der Waals surface area (Å²) >= 11 is 0. The largest absolute Gasteiger partial charge is 0.456 e. The zero-order valence-electron chi connectivity index (χ0n) is 38.7. The van der Waals surface area contributed by atoms with E-state index in [0.717, 1.165) is 21.9 Å². The van der Waals surface area contributed by atoms with Crippen LogP contribution < -0.4 is 0 Å². The van der Waals surface area contributed by atoms with Crippen molar-refractivity contribution in [3.05, 3.63) is 255 Å². The van der Waals surface area contributed by atoms with Crippen molar-refractivity contribution in [2.75, 3.05) is 0 Å². The molecule has 0 atom stereocenters. The van der Waals surface area contributed by atoms with Gasteiger partial charge in [0.1, 0.15) is 11.2 Å². The lowest BCUT2D eigenvalue weighted by molar-refractivity contribution is 0.669. The normalized spacial score (nSPS) is 11.9. The third-order valence-electron chi connectivity index (χ3n) is 15.2. The molecule has 15 rings (SSSR count). The molecular formula is C70H42O. The zero-order chi connectivity index (χ0) is 46.6. The molecule has 0 bridgehead atoms. The smallest absolute Gasteiger partial charge is 0.135 e. The van der Waals surface area contributed by atoms with Crippen molar-refractivity contribution in [2.24, 2.45) is 0 Å². The van der Waals surface area contributed by atoms with Crippen molar-refractivity contribution in [3.63, 3.8) is 0 Å². The number of benzene rings is 14. The highest BCUT2D eigenvalue weighted by atomic mass is 16.3. The Kier molecular flexibility index (Phi) is 8.73. The van der Waals surface area contributed by atoms with Crippen LogP contribution in [0, 0.1) is 0 Å². The number of rotatable bonds is 5. The fraction of sp³-hybridized carbons (Fsp3) is 0. The molecule has 0 N–H and O–H groups in total. The number of hydrogen-bond donors (Lipinski definition) is 0. The maximum atomic E-state index is 6.28. The Bertz CT molecular complexity index is 4590. The SMILES string of the molecule is c1ccc2cc(-c3c4ccccc4c(-c4cccc5ccc(-c6ccc7cccc(-c8c9ccccc9c(-c9ccc%10oc%11ccccc%11c%10c9)c9ccccc89)c7c6)cc45)c4ccccc34)ccc2c1. The van der Waals surface area contributed by atoms with Crippen LogP contribution in [0.2, 0.25) is 0 Å². The summed E-state index contributed by atoms with van der Waals surface area (Å²) in [5.74, 6) is 0. The van der Waals surface area contributed by atoms with Gasteiger partial charge in [-0.05, 0) is 167 Å². The maximum absolute atomic E-state index is 6.28. The lowest BCUT2D eigenvalue weighted by atomic mass is 9.83. The van der Waals surface area contributed by atoms with Crippen molar-refractivity contribution < 1.29 is 4.42 Å². The van der Waals surface area contributed by atoms with E-state index in [2.05, 4.69) is 249 Å². The van der Waals surface area contributed by atoms with Gasteiger partial charge in [0.2, 0.25) is 0 Å². The van der Waals surface area contributed by atoms with E-state index in [0.29, 0.717) is 0 Å². The van der Waals surface area contributed by atoms with Gasteiger partial charge in [-0.3, -0.25) is 0 Å². The van der Waals surface area contributed by atoms with Gasteiger partial charge in [0.15, 0.2) is 0 Å². The van der Waals surface area contributed by atoms with E-state index in [1.165, 1.54) is 131 Å². The van der Waals surface area contributed by atoms with Crippen molar-refractivity contribution in [1.82, 2.24) is 0 Å². The molecular weight excluding hydrogens is 857 g/mol. The molecule has 15 aromatic rings. The van der Waals surface area contributed by atoms with Gasteiger partial charge >= 0.3 is 0 Å². The fourth-order valence-electron chi connectivity index (χ4n) is 12.0. The van der Waals surface area contributed by atoms with Crippen molar-refractivity contribution in [2.45, 2.75) is 0 Å². The molecule has 0 aliphatic heterocycles. The van der Waals surface area contributed by atoms with E-state index >= 15 is 0 Å². The first-order valence-electron chi connectivity index (χ1n) is 24.6. The van der Waals surface area contributed by atoms with E-state index in [4.69, 9.17) is 4.42 Å². The Morgan fingerprint density at radius 3 is 1.06 bits per heavy atom. The summed E-state index contributed by atoms with van der Waals surface area (Å²) in [5, 5.41) is 19.6. The van der Waals surface area contributed by atoms with Gasteiger partial charge in [-0.2, -0.15) is 0 Å². The van der Waals surface area contributed by atoms with Gasteiger partial charge in [-0.25, -0.2) is 0 Å². The summed E-state index contributed by atoms with van der Waals surface area (Å²) < 4.78 is 6.28. The zero-order valence-corrected chi connectivity index (χ0v) is 38.7. The number of hydrogen-bond acceptors (Lipinski definition) is 1. The highest BCUT2D eigenvalue weighted by Crippen LogP contribution is 2.49. The van der Waals surface area contributed by atoms with Crippen molar-refractivity contribution in [1.29, 1.82) is 0 Å². The van der Waals surface area contributed by atoms with Crippen molar-refractivity contribution >= 4 is 97.3 Å². The average Bonchev–Trinajstić information content (AvgIpc) is 3.81. The van der Waals surface area contributed by atoms with Crippen LogP contribution in [0.5, 0.6) is 0 Å². The third kappa shape index (κ3) is 6.13. The minimum Gasteiger partial charge on any atom is -0.456 e. The standard InChI is InChI=1S/C70H42O/c1-2-16-46-39-49(36-31-43(46)15-1)67-52-20-3-7-24-56(52)69(57-25-8-4-21-53(57)67)60-28-13-17-44-32-34-47(40-62(44)60)48-35-33-45-18-14-29-61(63(45)41-48)70-58-26-9-5-22-54(58)68(55-23-6-10-27-59(55)70)50-37-38-66-64(42-50)51-19-11-12-30-65(51)71-66/h1-42H. The second-order valence-corrected chi connectivity index (χ2v) is 19.0. The quantitative estimate of drug-likeness (QED) is 0.157. The van der Waals surface area contributed by atoms with E-state index in [-0.39, 0.29) is 0 Å². The predicted molar refractivity (Wildman–Crippen MR) is 303 cm³/mol. The Morgan fingerprint density at radius 1 is 0.183 bits per heavy atom.